The van der Waals surface area contributed by atoms with Gasteiger partial charge in [0.25, 0.3) is 10.0 Å². The van der Waals surface area contributed by atoms with Crippen molar-refractivity contribution < 1.29 is 18.3 Å². The van der Waals surface area contributed by atoms with Crippen LogP contribution in [-0.4, -0.2) is 33.7 Å². The van der Waals surface area contributed by atoms with Gasteiger partial charge in [0, 0.05) is 30.2 Å². The topological polar surface area (TPSA) is 105 Å². The van der Waals surface area contributed by atoms with Crippen LogP contribution in [0.25, 0.3) is 11.1 Å². The Balaban J connectivity index is 1.81. The van der Waals surface area contributed by atoms with E-state index in [9.17, 15) is 13.2 Å². The molecule has 2 heterocycles. The van der Waals surface area contributed by atoms with Crippen LogP contribution in [0.5, 0.6) is 0 Å². The van der Waals surface area contributed by atoms with Crippen LogP contribution < -0.4 is 0 Å². The minimum absolute atomic E-state index is 0.187. The summed E-state index contributed by atoms with van der Waals surface area (Å²) in [4.78, 5) is 10.9. The average Bonchev–Trinajstić information content (AvgIpc) is 3.32. The molecule has 0 unspecified atom stereocenters. The summed E-state index contributed by atoms with van der Waals surface area (Å²) < 4.78 is 26.9. The molecule has 0 saturated carbocycles. The fourth-order valence-electron chi connectivity index (χ4n) is 2.90. The lowest BCUT2D eigenvalue weighted by atomic mass is 9.86. The first-order chi connectivity index (χ1) is 13.2. The van der Waals surface area contributed by atoms with Crippen LogP contribution in [0.2, 0.25) is 0 Å². The minimum atomic E-state index is -3.70. The Kier molecular flexibility index (Phi) is 5.24. The molecule has 3 aromatic rings. The zero-order valence-corrected chi connectivity index (χ0v) is 16.3. The van der Waals surface area contributed by atoms with Gasteiger partial charge in [0.1, 0.15) is 0 Å². The third-order valence-electron chi connectivity index (χ3n) is 4.33. The summed E-state index contributed by atoms with van der Waals surface area (Å²) >= 11 is 0. The Labute approximate surface area is 163 Å². The standard InChI is InChI=1S/C20H21N3O4S/c1-20(2,9-7-19(24)25)11-15-8-10-23(14-15)28(26,27)18-5-3-16(4-6-18)17-12-21-22-13-17/h3-10,12-14H,11H2,1-2H3,(H,21,22)(H,24,25)/b9-7+. The van der Waals surface area contributed by atoms with E-state index in [1.807, 2.05) is 13.8 Å². The lowest BCUT2D eigenvalue weighted by Gasteiger charge is -2.18. The van der Waals surface area contributed by atoms with Gasteiger partial charge in [-0.2, -0.15) is 5.10 Å². The largest absolute Gasteiger partial charge is 0.478 e. The van der Waals surface area contributed by atoms with Crippen molar-refractivity contribution in [2.24, 2.45) is 5.41 Å². The van der Waals surface area contributed by atoms with Crippen molar-refractivity contribution in [1.82, 2.24) is 14.2 Å². The molecule has 1 aromatic carbocycles. The number of carbonyl (C=O) groups is 1. The highest BCUT2D eigenvalue weighted by Gasteiger charge is 2.20. The fourth-order valence-corrected chi connectivity index (χ4v) is 4.12. The van der Waals surface area contributed by atoms with E-state index in [1.54, 1.807) is 55.0 Å². The van der Waals surface area contributed by atoms with Crippen LogP contribution in [0.1, 0.15) is 19.4 Å². The molecular formula is C20H21N3O4S. The summed E-state index contributed by atoms with van der Waals surface area (Å²) in [6, 6.07) is 8.34. The van der Waals surface area contributed by atoms with Crippen molar-refractivity contribution in [2.75, 3.05) is 0 Å². The molecule has 0 radical (unpaired) electrons. The molecule has 0 amide bonds. The second-order valence-electron chi connectivity index (χ2n) is 7.20. The van der Waals surface area contributed by atoms with Crippen LogP contribution >= 0.6 is 0 Å². The number of H-pyrrole nitrogens is 1. The molecule has 0 bridgehead atoms. The van der Waals surface area contributed by atoms with Gasteiger partial charge in [0.2, 0.25) is 0 Å². The Morgan fingerprint density at radius 2 is 1.93 bits per heavy atom. The van der Waals surface area contributed by atoms with Crippen molar-refractivity contribution in [3.05, 3.63) is 72.8 Å². The smallest absolute Gasteiger partial charge is 0.327 e. The lowest BCUT2D eigenvalue weighted by molar-refractivity contribution is -0.131. The van der Waals surface area contributed by atoms with Crippen LogP contribution in [0.15, 0.2) is 72.2 Å². The number of allylic oxidation sites excluding steroid dienone is 1. The third-order valence-corrected chi connectivity index (χ3v) is 5.98. The maximum absolute atomic E-state index is 12.9. The molecule has 0 spiro atoms. The van der Waals surface area contributed by atoms with E-state index in [1.165, 1.54) is 10.2 Å². The number of rotatable bonds is 7. The van der Waals surface area contributed by atoms with E-state index in [4.69, 9.17) is 5.11 Å². The molecule has 0 aliphatic carbocycles. The lowest BCUT2D eigenvalue weighted by Crippen LogP contribution is -2.13. The molecule has 146 valence electrons. The zero-order chi connectivity index (χ0) is 20.4. The first kappa shape index (κ1) is 19.6. The molecule has 3 rings (SSSR count). The van der Waals surface area contributed by atoms with E-state index in [2.05, 4.69) is 10.2 Å². The molecule has 0 aliphatic heterocycles. The minimum Gasteiger partial charge on any atom is -0.478 e. The molecule has 0 aliphatic rings. The fraction of sp³-hybridized carbons (Fsp3) is 0.200. The van der Waals surface area contributed by atoms with E-state index in [0.717, 1.165) is 22.8 Å². The van der Waals surface area contributed by atoms with Gasteiger partial charge >= 0.3 is 5.97 Å². The van der Waals surface area contributed by atoms with Gasteiger partial charge in [0.15, 0.2) is 0 Å². The predicted octanol–water partition coefficient (Wildman–Crippen LogP) is 3.32. The van der Waals surface area contributed by atoms with E-state index >= 15 is 0 Å². The van der Waals surface area contributed by atoms with Crippen molar-refractivity contribution in [3.63, 3.8) is 0 Å². The highest BCUT2D eigenvalue weighted by molar-refractivity contribution is 7.90. The van der Waals surface area contributed by atoms with Crippen LogP contribution in [0.4, 0.5) is 0 Å². The quantitative estimate of drug-likeness (QED) is 0.593. The van der Waals surface area contributed by atoms with Crippen molar-refractivity contribution in [1.29, 1.82) is 0 Å². The molecule has 0 atom stereocenters. The SMILES string of the molecule is CC(C)(/C=C/C(=O)O)Cc1ccn(S(=O)(=O)c2ccc(-c3cn[nH]c3)cc2)c1. The second-order valence-corrected chi connectivity index (χ2v) is 9.05. The molecule has 2 aromatic heterocycles. The number of nitrogens with zero attached hydrogens (tertiary/aromatic N) is 2. The number of carboxylic acids is 1. The Morgan fingerprint density at radius 1 is 1.21 bits per heavy atom. The Morgan fingerprint density at radius 3 is 2.54 bits per heavy atom. The summed E-state index contributed by atoms with van der Waals surface area (Å²) in [6.45, 7) is 3.79. The molecule has 0 fully saturated rings. The zero-order valence-electron chi connectivity index (χ0n) is 15.5. The second kappa shape index (κ2) is 7.47. The number of hydrogen-bond donors (Lipinski definition) is 2. The number of carboxylic acid groups (broad SMARTS) is 1. The Hall–Kier alpha value is -3.13. The predicted molar refractivity (Wildman–Crippen MR) is 105 cm³/mol. The molecular weight excluding hydrogens is 378 g/mol. The normalized spacial score (nSPS) is 12.5. The van der Waals surface area contributed by atoms with Crippen molar-refractivity contribution in [3.8, 4) is 11.1 Å². The molecule has 28 heavy (non-hydrogen) atoms. The van der Waals surface area contributed by atoms with Gasteiger partial charge in [-0.25, -0.2) is 17.2 Å². The number of aromatic amines is 1. The third kappa shape index (κ3) is 4.40. The van der Waals surface area contributed by atoms with Gasteiger partial charge in [0.05, 0.1) is 11.1 Å². The van der Waals surface area contributed by atoms with Gasteiger partial charge in [-0.15, -0.1) is 0 Å². The van der Waals surface area contributed by atoms with Crippen molar-refractivity contribution >= 4 is 16.0 Å². The Bertz CT molecular complexity index is 1090. The highest BCUT2D eigenvalue weighted by atomic mass is 32.2. The van der Waals surface area contributed by atoms with E-state index in [-0.39, 0.29) is 4.90 Å². The summed E-state index contributed by atoms with van der Waals surface area (Å²) in [6.07, 6.45) is 9.70. The maximum Gasteiger partial charge on any atom is 0.327 e. The molecule has 0 saturated heterocycles. The summed E-state index contributed by atoms with van der Waals surface area (Å²) in [7, 11) is -3.70. The van der Waals surface area contributed by atoms with E-state index < -0.39 is 21.4 Å². The first-order valence-corrected chi connectivity index (χ1v) is 10.1. The number of benzene rings is 1. The van der Waals surface area contributed by atoms with Crippen LogP contribution in [0.3, 0.4) is 0 Å². The summed E-state index contributed by atoms with van der Waals surface area (Å²) in [5.74, 6) is -1.01. The van der Waals surface area contributed by atoms with Crippen LogP contribution in [-0.2, 0) is 21.2 Å². The van der Waals surface area contributed by atoms with Crippen LogP contribution in [0, 0.1) is 5.41 Å². The summed E-state index contributed by atoms with van der Waals surface area (Å²) in [5, 5.41) is 15.4. The van der Waals surface area contributed by atoms with E-state index in [0.29, 0.717) is 6.42 Å². The molecule has 8 heteroatoms. The van der Waals surface area contributed by atoms with Crippen molar-refractivity contribution in [2.45, 2.75) is 25.2 Å². The first-order valence-electron chi connectivity index (χ1n) is 8.61. The number of aromatic nitrogens is 3. The number of hydrogen-bond acceptors (Lipinski definition) is 4. The molecule has 2 N–H and O–H groups in total. The number of nitrogens with one attached hydrogen (secondary N) is 1. The van der Waals surface area contributed by atoms with Gasteiger partial charge in [-0.3, -0.25) is 5.10 Å². The molecule has 7 nitrogen and oxygen atoms in total. The maximum atomic E-state index is 12.9. The van der Waals surface area contributed by atoms with Gasteiger partial charge in [-0.05, 0) is 41.2 Å². The average molecular weight is 399 g/mol. The van der Waals surface area contributed by atoms with Gasteiger partial charge < -0.3 is 5.11 Å². The highest BCUT2D eigenvalue weighted by Crippen LogP contribution is 2.26. The van der Waals surface area contributed by atoms with Gasteiger partial charge in [-0.1, -0.05) is 32.1 Å². The monoisotopic (exact) mass is 399 g/mol. The number of aliphatic carboxylic acids is 1. The summed E-state index contributed by atoms with van der Waals surface area (Å²) in [5.41, 5.74) is 2.14.